The number of piperidine rings is 1. The van der Waals surface area contributed by atoms with E-state index in [0.717, 1.165) is 42.7 Å². The van der Waals surface area contributed by atoms with Crippen LogP contribution in [-0.4, -0.2) is 42.0 Å². The Morgan fingerprint density at radius 3 is 3.11 bits per heavy atom. The van der Waals surface area contributed by atoms with Gasteiger partial charge >= 0.3 is 0 Å². The highest BCUT2D eigenvalue weighted by Crippen LogP contribution is 2.31. The highest BCUT2D eigenvalue weighted by Gasteiger charge is 2.23. The van der Waals surface area contributed by atoms with Crippen LogP contribution in [0.1, 0.15) is 18.4 Å². The molecule has 1 unspecified atom stereocenters. The standard InChI is InChI=1S/C20H21N5O2/c1-26-19-9-14(10-21)4-5-18(19)27-13-15-3-2-8-25(12-15)17-6-7-22-20-16(17)11-23-24-20/h4-7,9,11,15H,2-3,8,12-13H2,1H3,(H,22,23,24). The molecule has 1 saturated heterocycles. The summed E-state index contributed by atoms with van der Waals surface area (Å²) in [5.41, 5.74) is 2.53. The molecule has 3 aromatic rings. The van der Waals surface area contributed by atoms with Gasteiger partial charge in [-0.15, -0.1) is 0 Å². The molecule has 1 N–H and O–H groups in total. The number of nitrogens with zero attached hydrogens (tertiary/aromatic N) is 4. The number of nitriles is 1. The van der Waals surface area contributed by atoms with E-state index >= 15 is 0 Å². The lowest BCUT2D eigenvalue weighted by Crippen LogP contribution is -2.37. The van der Waals surface area contributed by atoms with Crippen molar-refractivity contribution in [2.24, 2.45) is 5.92 Å². The van der Waals surface area contributed by atoms with Crippen molar-refractivity contribution in [3.63, 3.8) is 0 Å². The van der Waals surface area contributed by atoms with Crippen LogP contribution >= 0.6 is 0 Å². The lowest BCUT2D eigenvalue weighted by atomic mass is 9.98. The molecule has 1 aliphatic rings. The average Bonchev–Trinajstić information content (AvgIpc) is 3.21. The summed E-state index contributed by atoms with van der Waals surface area (Å²) in [4.78, 5) is 6.70. The Morgan fingerprint density at radius 1 is 1.33 bits per heavy atom. The summed E-state index contributed by atoms with van der Waals surface area (Å²) in [6.07, 6.45) is 5.88. The van der Waals surface area contributed by atoms with Crippen LogP contribution in [0.2, 0.25) is 0 Å². The molecule has 1 atom stereocenters. The first-order chi connectivity index (χ1) is 13.3. The van der Waals surface area contributed by atoms with E-state index in [1.807, 2.05) is 18.5 Å². The number of methoxy groups -OCH3 is 1. The Morgan fingerprint density at radius 2 is 2.26 bits per heavy atom. The van der Waals surface area contributed by atoms with Gasteiger partial charge in [-0.05, 0) is 31.0 Å². The van der Waals surface area contributed by atoms with Crippen LogP contribution in [0.4, 0.5) is 5.69 Å². The number of pyridine rings is 1. The van der Waals surface area contributed by atoms with Gasteiger partial charge in [0, 0.05) is 31.3 Å². The molecule has 1 aliphatic heterocycles. The molecule has 0 spiro atoms. The lowest BCUT2D eigenvalue weighted by Gasteiger charge is -2.34. The van der Waals surface area contributed by atoms with E-state index < -0.39 is 0 Å². The molecule has 0 bridgehead atoms. The minimum Gasteiger partial charge on any atom is -0.493 e. The van der Waals surface area contributed by atoms with Gasteiger partial charge in [-0.3, -0.25) is 5.10 Å². The van der Waals surface area contributed by atoms with E-state index in [-0.39, 0.29) is 0 Å². The van der Waals surface area contributed by atoms with Crippen LogP contribution in [0.25, 0.3) is 11.0 Å². The number of aromatic nitrogens is 3. The van der Waals surface area contributed by atoms with Gasteiger partial charge in [0.2, 0.25) is 0 Å². The van der Waals surface area contributed by atoms with Crippen molar-refractivity contribution in [2.75, 3.05) is 31.7 Å². The number of rotatable bonds is 5. The largest absolute Gasteiger partial charge is 0.493 e. The number of ether oxygens (including phenoxy) is 2. The van der Waals surface area contributed by atoms with Crippen molar-refractivity contribution < 1.29 is 9.47 Å². The predicted molar refractivity (Wildman–Crippen MR) is 102 cm³/mol. The summed E-state index contributed by atoms with van der Waals surface area (Å²) in [7, 11) is 1.59. The van der Waals surface area contributed by atoms with Crippen LogP contribution in [-0.2, 0) is 0 Å². The van der Waals surface area contributed by atoms with E-state index in [0.29, 0.717) is 29.6 Å². The first-order valence-corrected chi connectivity index (χ1v) is 9.02. The normalized spacial score (nSPS) is 16.9. The maximum Gasteiger partial charge on any atom is 0.162 e. The molecule has 0 aliphatic carbocycles. The molecule has 1 aromatic carbocycles. The van der Waals surface area contributed by atoms with Gasteiger partial charge in [-0.1, -0.05) is 0 Å². The van der Waals surface area contributed by atoms with E-state index in [4.69, 9.17) is 14.7 Å². The Kier molecular flexibility index (Phi) is 4.79. The first-order valence-electron chi connectivity index (χ1n) is 9.02. The Labute approximate surface area is 157 Å². The molecular weight excluding hydrogens is 342 g/mol. The van der Waals surface area contributed by atoms with E-state index in [1.165, 1.54) is 0 Å². The van der Waals surface area contributed by atoms with Crippen molar-refractivity contribution in [2.45, 2.75) is 12.8 Å². The number of hydrogen-bond acceptors (Lipinski definition) is 6. The molecule has 0 radical (unpaired) electrons. The number of aromatic amines is 1. The van der Waals surface area contributed by atoms with Crippen molar-refractivity contribution in [3.05, 3.63) is 42.2 Å². The Bertz CT molecular complexity index is 978. The second-order valence-corrected chi connectivity index (χ2v) is 6.71. The molecule has 4 rings (SSSR count). The van der Waals surface area contributed by atoms with Gasteiger partial charge in [-0.2, -0.15) is 10.4 Å². The van der Waals surface area contributed by atoms with Gasteiger partial charge in [0.25, 0.3) is 0 Å². The van der Waals surface area contributed by atoms with E-state index in [2.05, 4.69) is 26.2 Å². The van der Waals surface area contributed by atoms with Crippen LogP contribution in [0.5, 0.6) is 11.5 Å². The molecule has 7 heteroatoms. The lowest BCUT2D eigenvalue weighted by molar-refractivity contribution is 0.220. The minimum atomic E-state index is 0.411. The van der Waals surface area contributed by atoms with Gasteiger partial charge in [0.05, 0.1) is 42.6 Å². The fourth-order valence-corrected chi connectivity index (χ4v) is 3.60. The molecule has 0 amide bonds. The zero-order valence-corrected chi connectivity index (χ0v) is 15.2. The number of fused-ring (bicyclic) bond motifs is 1. The molecular formula is C20H21N5O2. The summed E-state index contributed by atoms with van der Waals surface area (Å²) in [6.45, 7) is 2.54. The zero-order valence-electron chi connectivity index (χ0n) is 15.2. The number of anilines is 1. The molecule has 3 heterocycles. The summed E-state index contributed by atoms with van der Waals surface area (Å²) >= 11 is 0. The number of nitrogens with one attached hydrogen (secondary N) is 1. The average molecular weight is 363 g/mol. The zero-order chi connectivity index (χ0) is 18.6. The highest BCUT2D eigenvalue weighted by molar-refractivity contribution is 5.88. The van der Waals surface area contributed by atoms with Crippen molar-refractivity contribution in [1.29, 1.82) is 5.26 Å². The summed E-state index contributed by atoms with van der Waals surface area (Å²) in [5.74, 6) is 1.68. The van der Waals surface area contributed by atoms with Gasteiger partial charge in [0.1, 0.15) is 0 Å². The SMILES string of the molecule is COc1cc(C#N)ccc1OCC1CCCN(c2ccnc3[nH]ncc23)C1. The molecule has 2 aromatic heterocycles. The fraction of sp³-hybridized carbons (Fsp3) is 0.350. The van der Waals surface area contributed by atoms with Gasteiger partial charge in [-0.25, -0.2) is 4.98 Å². The second-order valence-electron chi connectivity index (χ2n) is 6.71. The van der Waals surface area contributed by atoms with Crippen LogP contribution in [0.15, 0.2) is 36.7 Å². The maximum atomic E-state index is 9.02. The molecule has 27 heavy (non-hydrogen) atoms. The van der Waals surface area contributed by atoms with Crippen molar-refractivity contribution in [1.82, 2.24) is 15.2 Å². The molecule has 1 fully saturated rings. The molecule has 0 saturated carbocycles. The minimum absolute atomic E-state index is 0.411. The topological polar surface area (TPSA) is 87.1 Å². The summed E-state index contributed by atoms with van der Waals surface area (Å²) < 4.78 is 11.4. The quantitative estimate of drug-likeness (QED) is 0.749. The predicted octanol–water partition coefficient (Wildman–Crippen LogP) is 3.13. The Hall–Kier alpha value is -3.27. The van der Waals surface area contributed by atoms with E-state index in [1.54, 1.807) is 25.3 Å². The summed E-state index contributed by atoms with van der Waals surface area (Å²) in [6, 6.07) is 9.41. The Balaban J connectivity index is 1.45. The van der Waals surface area contributed by atoms with Crippen LogP contribution in [0.3, 0.4) is 0 Å². The van der Waals surface area contributed by atoms with Gasteiger partial charge < -0.3 is 14.4 Å². The number of hydrogen-bond donors (Lipinski definition) is 1. The highest BCUT2D eigenvalue weighted by atomic mass is 16.5. The first kappa shape index (κ1) is 17.2. The monoisotopic (exact) mass is 363 g/mol. The van der Waals surface area contributed by atoms with Crippen molar-refractivity contribution in [3.8, 4) is 17.6 Å². The summed E-state index contributed by atoms with van der Waals surface area (Å²) in [5, 5.41) is 17.1. The molecule has 138 valence electrons. The number of benzene rings is 1. The maximum absolute atomic E-state index is 9.02. The smallest absolute Gasteiger partial charge is 0.162 e. The second kappa shape index (κ2) is 7.54. The van der Waals surface area contributed by atoms with Crippen LogP contribution < -0.4 is 14.4 Å². The third kappa shape index (κ3) is 3.51. The fourth-order valence-electron chi connectivity index (χ4n) is 3.60. The van der Waals surface area contributed by atoms with E-state index in [9.17, 15) is 0 Å². The molecule has 7 nitrogen and oxygen atoms in total. The van der Waals surface area contributed by atoms with Crippen LogP contribution in [0, 0.1) is 17.2 Å². The third-order valence-electron chi connectivity index (χ3n) is 4.96. The van der Waals surface area contributed by atoms with Gasteiger partial charge in [0.15, 0.2) is 17.1 Å². The third-order valence-corrected chi connectivity index (χ3v) is 4.96. The number of H-pyrrole nitrogens is 1. The van der Waals surface area contributed by atoms with Crippen molar-refractivity contribution >= 4 is 16.7 Å².